The Morgan fingerprint density at radius 2 is 2.28 bits per heavy atom. The van der Waals surface area contributed by atoms with E-state index in [0.717, 1.165) is 0 Å². The van der Waals surface area contributed by atoms with E-state index < -0.39 is 5.97 Å². The highest BCUT2D eigenvalue weighted by Gasteiger charge is 2.11. The van der Waals surface area contributed by atoms with Crippen LogP contribution in [0.4, 0.5) is 0 Å². The lowest BCUT2D eigenvalue weighted by Crippen LogP contribution is -2.22. The number of nitrogens with zero attached hydrogens (tertiary/aromatic N) is 2. The van der Waals surface area contributed by atoms with Crippen LogP contribution in [0.15, 0.2) is 29.1 Å². The van der Waals surface area contributed by atoms with Crippen molar-refractivity contribution in [3.63, 3.8) is 0 Å². The minimum atomic E-state index is -1.14. The van der Waals surface area contributed by atoms with Crippen molar-refractivity contribution in [3.8, 4) is 0 Å². The van der Waals surface area contributed by atoms with Crippen molar-refractivity contribution in [2.45, 2.75) is 6.54 Å². The molecule has 1 amide bonds. The minimum absolute atomic E-state index is 0.114. The van der Waals surface area contributed by atoms with Gasteiger partial charge in [-0.25, -0.2) is 9.78 Å². The summed E-state index contributed by atoms with van der Waals surface area (Å²) in [6, 6.07) is 2.84. The van der Waals surface area contributed by atoms with Gasteiger partial charge in [-0.15, -0.1) is 0 Å². The number of carbonyl (C=O) groups is 2. The zero-order chi connectivity index (χ0) is 13.1. The van der Waals surface area contributed by atoms with Crippen molar-refractivity contribution in [1.82, 2.24) is 14.9 Å². The van der Waals surface area contributed by atoms with Gasteiger partial charge in [-0.05, 0) is 12.1 Å². The van der Waals surface area contributed by atoms with Crippen LogP contribution in [0, 0.1) is 0 Å². The number of rotatable bonds is 4. The summed E-state index contributed by atoms with van der Waals surface area (Å²) in [6.07, 6.45) is 3.10. The first-order chi connectivity index (χ1) is 8.56. The fourth-order valence-electron chi connectivity index (χ4n) is 1.38. The van der Waals surface area contributed by atoms with Crippen molar-refractivity contribution >= 4 is 11.9 Å². The van der Waals surface area contributed by atoms with Crippen LogP contribution in [0.25, 0.3) is 0 Å². The van der Waals surface area contributed by atoms with E-state index in [-0.39, 0.29) is 18.2 Å². The van der Waals surface area contributed by atoms with Gasteiger partial charge in [-0.1, -0.05) is 0 Å². The fraction of sp³-hybridized carbons (Fsp3) is 0.182. The van der Waals surface area contributed by atoms with E-state index in [0.29, 0.717) is 11.5 Å². The Hall–Kier alpha value is -2.57. The molecular formula is C11H11N3O4. The van der Waals surface area contributed by atoms with Crippen LogP contribution in [0.5, 0.6) is 0 Å². The highest BCUT2D eigenvalue weighted by molar-refractivity contribution is 5.91. The lowest BCUT2D eigenvalue weighted by molar-refractivity contribution is 0.0660. The molecule has 2 N–H and O–H groups in total. The SMILES string of the molecule is Cn1cnc(C(=O)NCc2ccc(C(=O)O)o2)c1. The average molecular weight is 249 g/mol. The van der Waals surface area contributed by atoms with Gasteiger partial charge >= 0.3 is 5.97 Å². The second-order valence-corrected chi connectivity index (χ2v) is 3.68. The summed E-state index contributed by atoms with van der Waals surface area (Å²) in [4.78, 5) is 26.1. The van der Waals surface area contributed by atoms with Crippen LogP contribution in [-0.2, 0) is 13.6 Å². The maximum Gasteiger partial charge on any atom is 0.371 e. The molecule has 0 aliphatic rings. The number of hydrogen-bond acceptors (Lipinski definition) is 4. The Morgan fingerprint density at radius 3 is 2.83 bits per heavy atom. The maximum absolute atomic E-state index is 11.6. The molecule has 94 valence electrons. The Labute approximate surface area is 102 Å². The first kappa shape index (κ1) is 11.9. The number of carbonyl (C=O) groups excluding carboxylic acids is 1. The number of aromatic carboxylic acids is 1. The smallest absolute Gasteiger partial charge is 0.371 e. The average Bonchev–Trinajstić information content (AvgIpc) is 2.94. The molecule has 2 aromatic rings. The quantitative estimate of drug-likeness (QED) is 0.828. The van der Waals surface area contributed by atoms with E-state index in [9.17, 15) is 9.59 Å². The summed E-state index contributed by atoms with van der Waals surface area (Å²) in [5.74, 6) is -1.27. The Balaban J connectivity index is 1.95. The fourth-order valence-corrected chi connectivity index (χ4v) is 1.38. The van der Waals surface area contributed by atoms with Crippen LogP contribution in [0.2, 0.25) is 0 Å². The Kier molecular flexibility index (Phi) is 3.13. The Bertz CT molecular complexity index is 585. The van der Waals surface area contributed by atoms with Crippen molar-refractivity contribution < 1.29 is 19.1 Å². The zero-order valence-electron chi connectivity index (χ0n) is 9.58. The standard InChI is InChI=1S/C11H11N3O4/c1-14-5-8(13-6-14)10(15)12-4-7-2-3-9(18-7)11(16)17/h2-3,5-6H,4H2,1H3,(H,12,15)(H,16,17). The second kappa shape index (κ2) is 4.74. The largest absolute Gasteiger partial charge is 0.475 e. The van der Waals surface area contributed by atoms with Crippen LogP contribution < -0.4 is 5.32 Å². The lowest BCUT2D eigenvalue weighted by Gasteiger charge is -1.99. The van der Waals surface area contributed by atoms with Crippen molar-refractivity contribution in [2.24, 2.45) is 7.05 Å². The van der Waals surface area contributed by atoms with E-state index in [1.165, 1.54) is 18.5 Å². The van der Waals surface area contributed by atoms with Gasteiger partial charge in [0.1, 0.15) is 11.5 Å². The van der Waals surface area contributed by atoms with E-state index in [1.54, 1.807) is 17.8 Å². The monoisotopic (exact) mass is 249 g/mol. The van der Waals surface area contributed by atoms with Crippen LogP contribution >= 0.6 is 0 Å². The number of imidazole rings is 1. The molecule has 0 unspecified atom stereocenters. The third-order valence-electron chi connectivity index (χ3n) is 2.23. The van der Waals surface area contributed by atoms with Gasteiger partial charge in [0, 0.05) is 13.2 Å². The minimum Gasteiger partial charge on any atom is -0.475 e. The molecule has 0 bridgehead atoms. The summed E-state index contributed by atoms with van der Waals surface area (Å²) >= 11 is 0. The van der Waals surface area contributed by atoms with Gasteiger partial charge in [0.2, 0.25) is 5.76 Å². The molecular weight excluding hydrogens is 238 g/mol. The number of furan rings is 1. The van der Waals surface area contributed by atoms with E-state index in [4.69, 9.17) is 9.52 Å². The molecule has 7 nitrogen and oxygen atoms in total. The van der Waals surface area contributed by atoms with Gasteiger partial charge in [-0.3, -0.25) is 4.79 Å². The van der Waals surface area contributed by atoms with Crippen molar-refractivity contribution in [2.75, 3.05) is 0 Å². The normalized spacial score (nSPS) is 10.3. The van der Waals surface area contributed by atoms with Crippen LogP contribution in [0.1, 0.15) is 26.8 Å². The number of hydrogen-bond donors (Lipinski definition) is 2. The first-order valence-electron chi connectivity index (χ1n) is 5.14. The van der Waals surface area contributed by atoms with Crippen LogP contribution in [-0.4, -0.2) is 26.5 Å². The first-order valence-corrected chi connectivity index (χ1v) is 5.14. The summed E-state index contributed by atoms with van der Waals surface area (Å²) < 4.78 is 6.65. The molecule has 0 saturated carbocycles. The number of carboxylic acids is 1. The molecule has 0 radical (unpaired) electrons. The number of nitrogens with one attached hydrogen (secondary N) is 1. The Morgan fingerprint density at radius 1 is 1.50 bits per heavy atom. The highest BCUT2D eigenvalue weighted by Crippen LogP contribution is 2.07. The molecule has 0 aromatic carbocycles. The summed E-state index contributed by atoms with van der Waals surface area (Å²) in [7, 11) is 1.76. The number of amides is 1. The third-order valence-corrected chi connectivity index (χ3v) is 2.23. The molecule has 0 atom stereocenters. The summed E-state index contributed by atoms with van der Waals surface area (Å²) in [5, 5.41) is 11.2. The summed E-state index contributed by atoms with van der Waals surface area (Å²) in [6.45, 7) is 0.114. The van der Waals surface area contributed by atoms with Crippen LogP contribution in [0.3, 0.4) is 0 Å². The molecule has 0 spiro atoms. The molecule has 0 fully saturated rings. The molecule has 0 aliphatic heterocycles. The molecule has 2 rings (SSSR count). The number of aryl methyl sites for hydroxylation is 1. The molecule has 2 heterocycles. The molecule has 0 aliphatic carbocycles. The summed E-state index contributed by atoms with van der Waals surface area (Å²) in [5.41, 5.74) is 0.294. The van der Waals surface area contributed by atoms with Gasteiger partial charge in [0.25, 0.3) is 5.91 Å². The lowest BCUT2D eigenvalue weighted by atomic mass is 10.4. The van der Waals surface area contributed by atoms with Crippen molar-refractivity contribution in [3.05, 3.63) is 41.9 Å². The van der Waals surface area contributed by atoms with Gasteiger partial charge in [-0.2, -0.15) is 0 Å². The number of aromatic nitrogens is 2. The molecule has 0 saturated heterocycles. The number of carboxylic acid groups (broad SMARTS) is 1. The maximum atomic E-state index is 11.6. The topological polar surface area (TPSA) is 97.4 Å². The van der Waals surface area contributed by atoms with Crippen molar-refractivity contribution in [1.29, 1.82) is 0 Å². The predicted molar refractivity (Wildman–Crippen MR) is 60.0 cm³/mol. The van der Waals surface area contributed by atoms with E-state index >= 15 is 0 Å². The molecule has 7 heteroatoms. The van der Waals surface area contributed by atoms with E-state index in [2.05, 4.69) is 10.3 Å². The molecule has 2 aromatic heterocycles. The molecule has 18 heavy (non-hydrogen) atoms. The second-order valence-electron chi connectivity index (χ2n) is 3.68. The van der Waals surface area contributed by atoms with Gasteiger partial charge < -0.3 is 19.4 Å². The zero-order valence-corrected chi connectivity index (χ0v) is 9.58. The van der Waals surface area contributed by atoms with Gasteiger partial charge in [0.05, 0.1) is 12.9 Å². The van der Waals surface area contributed by atoms with Gasteiger partial charge in [0.15, 0.2) is 0 Å². The van der Waals surface area contributed by atoms with E-state index in [1.807, 2.05) is 0 Å². The highest BCUT2D eigenvalue weighted by atomic mass is 16.4. The predicted octanol–water partition coefficient (Wildman–Crippen LogP) is 0.641. The third kappa shape index (κ3) is 2.57.